The fraction of sp³-hybridized carbons (Fsp3) is 0.500. The molecule has 0 bridgehead atoms. The van der Waals surface area contributed by atoms with Crippen molar-refractivity contribution in [2.45, 2.75) is 25.4 Å². The van der Waals surface area contributed by atoms with E-state index in [1.807, 2.05) is 31.2 Å². The Labute approximate surface area is 113 Å². The largest absolute Gasteiger partial charge is 0.495 e. The Kier molecular flexibility index (Phi) is 3.95. The third kappa shape index (κ3) is 2.81. The van der Waals surface area contributed by atoms with Crippen molar-refractivity contribution in [3.8, 4) is 5.75 Å². The highest BCUT2D eigenvalue weighted by atomic mass is 16.6. The molecule has 5 heteroatoms. The van der Waals surface area contributed by atoms with Gasteiger partial charge in [-0.3, -0.25) is 4.90 Å². The van der Waals surface area contributed by atoms with Gasteiger partial charge in [-0.2, -0.15) is 0 Å². The minimum atomic E-state index is -0.475. The highest BCUT2D eigenvalue weighted by Crippen LogP contribution is 2.35. The van der Waals surface area contributed by atoms with Crippen LogP contribution >= 0.6 is 0 Å². The summed E-state index contributed by atoms with van der Waals surface area (Å²) < 4.78 is 10.8. The molecule has 2 rings (SSSR count). The molecule has 1 aliphatic rings. The number of nitrogens with zero attached hydrogens (tertiary/aromatic N) is 1. The number of carbonyl (C=O) groups is 1. The van der Waals surface area contributed by atoms with E-state index in [9.17, 15) is 4.79 Å². The molecule has 0 spiro atoms. The summed E-state index contributed by atoms with van der Waals surface area (Å²) in [6, 6.07) is 7.44. The summed E-state index contributed by atoms with van der Waals surface area (Å²) in [4.78, 5) is 13.7. The maximum Gasteiger partial charge on any atom is 0.415 e. The van der Waals surface area contributed by atoms with Gasteiger partial charge in [0, 0.05) is 0 Å². The number of hydrogen-bond acceptors (Lipinski definition) is 4. The van der Waals surface area contributed by atoms with Gasteiger partial charge in [0.05, 0.1) is 19.3 Å². The third-order valence-corrected chi connectivity index (χ3v) is 3.33. The fourth-order valence-corrected chi connectivity index (χ4v) is 2.34. The maximum absolute atomic E-state index is 12.0. The van der Waals surface area contributed by atoms with E-state index in [4.69, 9.17) is 15.2 Å². The second-order valence-electron chi connectivity index (χ2n) is 4.97. The standard InChI is InChI=1S/C14H20N2O3/c1-14(8-5-9-15)10-16(13(17)19-14)11-6-3-4-7-12(11)18-2/h3-4,6-7H,5,8-10,15H2,1-2H3. The number of methoxy groups -OCH3 is 1. The molecule has 1 fully saturated rings. The Morgan fingerprint density at radius 1 is 1.47 bits per heavy atom. The highest BCUT2D eigenvalue weighted by Gasteiger charge is 2.42. The fourth-order valence-electron chi connectivity index (χ4n) is 2.34. The van der Waals surface area contributed by atoms with Gasteiger partial charge in [-0.15, -0.1) is 0 Å². The van der Waals surface area contributed by atoms with Gasteiger partial charge in [-0.05, 0) is 38.4 Å². The Morgan fingerprint density at radius 3 is 2.89 bits per heavy atom. The average molecular weight is 264 g/mol. The molecular weight excluding hydrogens is 244 g/mol. The van der Waals surface area contributed by atoms with Gasteiger partial charge < -0.3 is 15.2 Å². The van der Waals surface area contributed by atoms with E-state index in [2.05, 4.69) is 0 Å². The van der Waals surface area contributed by atoms with Crippen LogP contribution in [0, 0.1) is 0 Å². The lowest BCUT2D eigenvalue weighted by Crippen LogP contribution is -2.32. The molecule has 0 saturated carbocycles. The predicted octanol–water partition coefficient (Wildman–Crippen LogP) is 2.15. The van der Waals surface area contributed by atoms with E-state index >= 15 is 0 Å². The molecule has 0 aliphatic carbocycles. The predicted molar refractivity (Wildman–Crippen MR) is 73.5 cm³/mol. The van der Waals surface area contributed by atoms with E-state index in [-0.39, 0.29) is 6.09 Å². The Balaban J connectivity index is 2.20. The monoisotopic (exact) mass is 264 g/mol. The number of rotatable bonds is 5. The first kappa shape index (κ1) is 13.7. The number of nitrogens with two attached hydrogens (primary N) is 1. The summed E-state index contributed by atoms with van der Waals surface area (Å²) >= 11 is 0. The number of ether oxygens (including phenoxy) is 2. The van der Waals surface area contributed by atoms with E-state index in [1.54, 1.807) is 12.0 Å². The number of hydrogen-bond donors (Lipinski definition) is 1. The van der Waals surface area contributed by atoms with Crippen molar-refractivity contribution in [2.75, 3.05) is 25.1 Å². The summed E-state index contributed by atoms with van der Waals surface area (Å²) in [5.41, 5.74) is 5.78. The molecule has 2 N–H and O–H groups in total. The van der Waals surface area contributed by atoms with Gasteiger partial charge >= 0.3 is 6.09 Å². The van der Waals surface area contributed by atoms with Gasteiger partial charge in [0.2, 0.25) is 0 Å². The number of benzene rings is 1. The van der Waals surface area contributed by atoms with E-state index in [1.165, 1.54) is 0 Å². The summed E-state index contributed by atoms with van der Waals surface area (Å²) in [7, 11) is 1.59. The van der Waals surface area contributed by atoms with Gasteiger partial charge in [0.1, 0.15) is 11.4 Å². The van der Waals surface area contributed by atoms with Crippen LogP contribution in [0.2, 0.25) is 0 Å². The molecule has 0 aromatic heterocycles. The van der Waals surface area contributed by atoms with Crippen LogP contribution in [0.1, 0.15) is 19.8 Å². The summed E-state index contributed by atoms with van der Waals surface area (Å²) in [6.07, 6.45) is 1.27. The smallest absolute Gasteiger partial charge is 0.415 e. The van der Waals surface area contributed by atoms with Crippen molar-refractivity contribution in [3.63, 3.8) is 0 Å². The summed E-state index contributed by atoms with van der Waals surface area (Å²) in [5.74, 6) is 0.669. The summed E-state index contributed by atoms with van der Waals surface area (Å²) in [5, 5.41) is 0. The van der Waals surface area contributed by atoms with Crippen molar-refractivity contribution < 1.29 is 14.3 Å². The Bertz CT molecular complexity index is 464. The van der Waals surface area contributed by atoms with Crippen molar-refractivity contribution in [2.24, 2.45) is 5.73 Å². The molecular formula is C14H20N2O3. The van der Waals surface area contributed by atoms with Gasteiger partial charge in [-0.25, -0.2) is 4.79 Å². The van der Waals surface area contributed by atoms with Crippen molar-refractivity contribution in [3.05, 3.63) is 24.3 Å². The second-order valence-corrected chi connectivity index (χ2v) is 4.97. The number of carbonyl (C=O) groups excluding carboxylic acids is 1. The quantitative estimate of drug-likeness (QED) is 0.885. The Hall–Kier alpha value is -1.75. The summed E-state index contributed by atoms with van der Waals surface area (Å²) in [6.45, 7) is 3.06. The number of para-hydroxylation sites is 2. The third-order valence-electron chi connectivity index (χ3n) is 3.33. The average Bonchev–Trinajstić information content (AvgIpc) is 2.72. The minimum absolute atomic E-state index is 0.330. The zero-order chi connectivity index (χ0) is 13.9. The molecule has 0 radical (unpaired) electrons. The molecule has 1 saturated heterocycles. The SMILES string of the molecule is COc1ccccc1N1CC(C)(CCCN)OC1=O. The Morgan fingerprint density at radius 2 is 2.21 bits per heavy atom. The van der Waals surface area contributed by atoms with Gasteiger partial charge in [-0.1, -0.05) is 12.1 Å². The topological polar surface area (TPSA) is 64.8 Å². The first-order valence-corrected chi connectivity index (χ1v) is 6.43. The molecule has 1 amide bonds. The molecule has 104 valence electrons. The zero-order valence-corrected chi connectivity index (χ0v) is 11.4. The molecule has 5 nitrogen and oxygen atoms in total. The maximum atomic E-state index is 12.0. The van der Waals surface area contributed by atoms with Crippen LogP contribution in [0.25, 0.3) is 0 Å². The number of cyclic esters (lactones) is 1. The molecule has 1 atom stereocenters. The number of anilines is 1. The van der Waals surface area contributed by atoms with Crippen LogP contribution in [-0.2, 0) is 4.74 Å². The minimum Gasteiger partial charge on any atom is -0.495 e. The second kappa shape index (κ2) is 5.48. The van der Waals surface area contributed by atoms with Crippen LogP contribution < -0.4 is 15.4 Å². The first-order chi connectivity index (χ1) is 9.09. The number of amides is 1. The molecule has 1 unspecified atom stereocenters. The van der Waals surface area contributed by atoms with Crippen molar-refractivity contribution >= 4 is 11.8 Å². The lowest BCUT2D eigenvalue weighted by Gasteiger charge is -2.21. The van der Waals surface area contributed by atoms with Crippen LogP contribution in [0.15, 0.2) is 24.3 Å². The van der Waals surface area contributed by atoms with E-state index in [0.717, 1.165) is 18.5 Å². The molecule has 1 aromatic rings. The van der Waals surface area contributed by atoms with Crippen molar-refractivity contribution in [1.29, 1.82) is 0 Å². The van der Waals surface area contributed by atoms with E-state index < -0.39 is 5.60 Å². The van der Waals surface area contributed by atoms with Crippen LogP contribution in [-0.4, -0.2) is 31.9 Å². The molecule has 19 heavy (non-hydrogen) atoms. The van der Waals surface area contributed by atoms with Crippen LogP contribution in [0.5, 0.6) is 5.75 Å². The highest BCUT2D eigenvalue weighted by molar-refractivity contribution is 5.92. The van der Waals surface area contributed by atoms with Crippen LogP contribution in [0.4, 0.5) is 10.5 Å². The lowest BCUT2D eigenvalue weighted by molar-refractivity contribution is 0.0640. The normalized spacial score (nSPS) is 22.5. The molecule has 1 aromatic carbocycles. The first-order valence-electron chi connectivity index (χ1n) is 6.43. The molecule has 1 heterocycles. The lowest BCUT2D eigenvalue weighted by atomic mass is 10.00. The molecule has 1 aliphatic heterocycles. The van der Waals surface area contributed by atoms with Crippen molar-refractivity contribution in [1.82, 2.24) is 0 Å². The van der Waals surface area contributed by atoms with Crippen LogP contribution in [0.3, 0.4) is 0 Å². The van der Waals surface area contributed by atoms with E-state index in [0.29, 0.717) is 18.8 Å². The van der Waals surface area contributed by atoms with Gasteiger partial charge in [0.25, 0.3) is 0 Å². The zero-order valence-electron chi connectivity index (χ0n) is 11.4. The van der Waals surface area contributed by atoms with Gasteiger partial charge in [0.15, 0.2) is 0 Å².